The largest absolute Gasteiger partial charge is 0.490 e. The molecule has 0 radical (unpaired) electrons. The van der Waals surface area contributed by atoms with E-state index in [4.69, 9.17) is 29.9 Å². The van der Waals surface area contributed by atoms with Gasteiger partial charge in [-0.1, -0.05) is 0 Å². The molecule has 6 N–H and O–H groups in total. The molecule has 0 aromatic heterocycles. The Balaban J connectivity index is 1.98. The van der Waals surface area contributed by atoms with Crippen molar-refractivity contribution >= 4 is 37.0 Å². The average molecular weight is 520 g/mol. The van der Waals surface area contributed by atoms with E-state index >= 15 is 0 Å². The molecule has 1 aromatic rings. The van der Waals surface area contributed by atoms with Gasteiger partial charge in [-0.25, -0.2) is 13.7 Å². The third-order valence-electron chi connectivity index (χ3n) is 3.96. The molecule has 0 saturated carbocycles. The molecular weight excluding hydrogens is 500 g/mol. The highest BCUT2D eigenvalue weighted by atomic mass is 31.3. The van der Waals surface area contributed by atoms with Gasteiger partial charge in [0, 0.05) is 18.1 Å². The number of benzene rings is 1. The van der Waals surface area contributed by atoms with Crippen molar-refractivity contribution in [1.29, 1.82) is 0 Å². The Morgan fingerprint density at radius 2 is 1.75 bits per heavy atom. The van der Waals surface area contributed by atoms with Gasteiger partial charge in [0.25, 0.3) is 5.69 Å². The monoisotopic (exact) mass is 520 g/mol. The van der Waals surface area contributed by atoms with Crippen molar-refractivity contribution in [2.24, 2.45) is 5.73 Å². The molecule has 0 bridgehead atoms. The van der Waals surface area contributed by atoms with Gasteiger partial charge in [-0.2, -0.15) is 8.62 Å². The van der Waals surface area contributed by atoms with Crippen LogP contribution < -0.4 is 5.73 Å². The highest BCUT2D eigenvalue weighted by molar-refractivity contribution is 7.66. The Morgan fingerprint density at radius 1 is 1.16 bits per heavy atom. The molecule has 2 rings (SSSR count). The summed E-state index contributed by atoms with van der Waals surface area (Å²) in [5, 5.41) is 10.7. The van der Waals surface area contributed by atoms with E-state index in [1.165, 1.54) is 24.3 Å². The maximum absolute atomic E-state index is 11.9. The fourth-order valence-electron chi connectivity index (χ4n) is 2.73. The third-order valence-corrected chi connectivity index (χ3v) is 7.76. The summed E-state index contributed by atoms with van der Waals surface area (Å²) >= 11 is 0. The number of phosphoric acid groups is 3. The van der Waals surface area contributed by atoms with Crippen LogP contribution in [0.4, 0.5) is 5.69 Å². The third kappa shape index (κ3) is 8.73. The van der Waals surface area contributed by atoms with Crippen LogP contribution in [0.3, 0.4) is 0 Å². The zero-order valence-corrected chi connectivity index (χ0v) is 19.0. The molecule has 1 aliphatic rings. The SMILES string of the molecule is BC1CC(OC(N)c2ccc([N+](=O)[O-])cc2)C(COP(=O)(O)OP(=O)(O)OP(=O)(O)O)O1. The van der Waals surface area contributed by atoms with Crippen LogP contribution in [0.5, 0.6) is 0 Å². The zero-order chi connectivity index (χ0) is 24.3. The summed E-state index contributed by atoms with van der Waals surface area (Å²) in [6.45, 7) is -0.689. The average Bonchev–Trinajstić information content (AvgIpc) is 2.96. The van der Waals surface area contributed by atoms with Gasteiger partial charge in [-0.3, -0.25) is 14.6 Å². The van der Waals surface area contributed by atoms with Crippen molar-refractivity contribution in [3.05, 3.63) is 39.9 Å². The standard InChI is InChI=1S/C12H20BN2O14P3/c13-11-5-9(27-12(14)7-1-3-8(4-2-7)15(16)17)10(26-11)6-25-31(21,22)29-32(23,24)28-30(18,19)20/h1-4,9-12H,5-6,13-14H2,(H,21,22)(H,23,24)(H2,18,19,20). The summed E-state index contributed by atoms with van der Waals surface area (Å²) in [5.74, 6) is 0. The van der Waals surface area contributed by atoms with Crippen LogP contribution in [0.1, 0.15) is 18.2 Å². The minimum atomic E-state index is -5.64. The predicted octanol–water partition coefficient (Wildman–Crippen LogP) is 0.0287. The molecule has 0 spiro atoms. The quantitative estimate of drug-likeness (QED) is 0.0849. The number of non-ortho nitro benzene ring substituents is 1. The molecule has 32 heavy (non-hydrogen) atoms. The first-order valence-electron chi connectivity index (χ1n) is 8.66. The van der Waals surface area contributed by atoms with Crippen LogP contribution in [0.2, 0.25) is 0 Å². The van der Waals surface area contributed by atoms with E-state index in [9.17, 15) is 28.7 Å². The predicted molar refractivity (Wildman–Crippen MR) is 107 cm³/mol. The van der Waals surface area contributed by atoms with Crippen molar-refractivity contribution in [2.75, 3.05) is 6.61 Å². The second kappa shape index (κ2) is 10.5. The van der Waals surface area contributed by atoms with Crippen LogP contribution >= 0.6 is 23.5 Å². The van der Waals surface area contributed by atoms with Gasteiger partial charge in [-0.05, 0) is 24.1 Å². The molecule has 0 aliphatic carbocycles. The second-order valence-corrected chi connectivity index (χ2v) is 11.0. The summed E-state index contributed by atoms with van der Waals surface area (Å²) in [6.07, 6.45) is -2.52. The van der Waals surface area contributed by atoms with Gasteiger partial charge < -0.3 is 34.8 Å². The highest BCUT2D eigenvalue weighted by Crippen LogP contribution is 2.66. The fourth-order valence-corrected chi connectivity index (χ4v) is 5.76. The van der Waals surface area contributed by atoms with E-state index in [1.807, 2.05) is 0 Å². The topological polar surface area (TPSA) is 247 Å². The second-order valence-electron chi connectivity index (χ2n) is 6.55. The molecule has 1 fully saturated rings. The molecule has 180 valence electrons. The first-order chi connectivity index (χ1) is 14.6. The van der Waals surface area contributed by atoms with Crippen LogP contribution in [0.15, 0.2) is 24.3 Å². The summed E-state index contributed by atoms with van der Waals surface area (Å²) in [5.41, 5.74) is 6.21. The van der Waals surface area contributed by atoms with Gasteiger partial charge >= 0.3 is 23.5 Å². The lowest BCUT2D eigenvalue weighted by molar-refractivity contribution is -0.384. The molecule has 1 aliphatic heterocycles. The summed E-state index contributed by atoms with van der Waals surface area (Å²) in [6, 6.07) is 4.86. The van der Waals surface area contributed by atoms with Crippen LogP contribution in [-0.4, -0.2) is 57.2 Å². The van der Waals surface area contributed by atoms with Gasteiger partial charge in [0.15, 0.2) is 0 Å². The van der Waals surface area contributed by atoms with E-state index in [0.717, 1.165) is 0 Å². The van der Waals surface area contributed by atoms with Crippen LogP contribution in [0, 0.1) is 10.1 Å². The Kier molecular flexibility index (Phi) is 8.93. The molecule has 1 aromatic carbocycles. The van der Waals surface area contributed by atoms with E-state index in [-0.39, 0.29) is 12.1 Å². The minimum Gasteiger partial charge on any atom is -0.379 e. The number of nitrogens with two attached hydrogens (primary N) is 1. The van der Waals surface area contributed by atoms with Crippen LogP contribution in [0.25, 0.3) is 0 Å². The molecule has 6 atom stereocenters. The first kappa shape index (κ1) is 27.2. The minimum absolute atomic E-state index is 0.146. The Hall–Kier alpha value is -1.03. The number of nitrogens with zero attached hydrogens (tertiary/aromatic N) is 1. The lowest BCUT2D eigenvalue weighted by atomic mass is 9.96. The van der Waals surface area contributed by atoms with Crippen molar-refractivity contribution in [3.8, 4) is 0 Å². The van der Waals surface area contributed by atoms with Crippen molar-refractivity contribution in [1.82, 2.24) is 0 Å². The normalized spacial score (nSPS) is 26.2. The Bertz CT molecular complexity index is 957. The smallest absolute Gasteiger partial charge is 0.379 e. The highest BCUT2D eigenvalue weighted by Gasteiger charge is 2.42. The van der Waals surface area contributed by atoms with E-state index in [1.54, 1.807) is 7.85 Å². The summed E-state index contributed by atoms with van der Waals surface area (Å²) in [4.78, 5) is 45.9. The fraction of sp³-hybridized carbons (Fsp3) is 0.500. The molecule has 1 heterocycles. The number of hydrogen-bond acceptors (Lipinski definition) is 11. The summed E-state index contributed by atoms with van der Waals surface area (Å²) in [7, 11) is -14.8. The van der Waals surface area contributed by atoms with Gasteiger partial charge in [0.05, 0.1) is 17.6 Å². The molecule has 16 nitrogen and oxygen atoms in total. The first-order valence-corrected chi connectivity index (χ1v) is 13.2. The number of nitro benzene ring substituents is 1. The van der Waals surface area contributed by atoms with E-state index in [0.29, 0.717) is 5.56 Å². The maximum Gasteiger partial charge on any atom is 0.490 e. The molecule has 6 unspecified atom stereocenters. The lowest BCUT2D eigenvalue weighted by Crippen LogP contribution is -2.32. The summed E-state index contributed by atoms with van der Waals surface area (Å²) < 4.78 is 56.9. The Labute approximate surface area is 181 Å². The van der Waals surface area contributed by atoms with Gasteiger partial charge in [0.2, 0.25) is 0 Å². The lowest BCUT2D eigenvalue weighted by Gasteiger charge is -2.24. The van der Waals surface area contributed by atoms with Crippen molar-refractivity contribution < 1.29 is 60.8 Å². The van der Waals surface area contributed by atoms with Crippen molar-refractivity contribution in [3.63, 3.8) is 0 Å². The molecule has 1 saturated heterocycles. The maximum atomic E-state index is 11.9. The van der Waals surface area contributed by atoms with Gasteiger partial charge in [0.1, 0.15) is 20.2 Å². The number of ether oxygens (including phenoxy) is 2. The van der Waals surface area contributed by atoms with E-state index < -0.39 is 59.4 Å². The molecule has 0 amide bonds. The Morgan fingerprint density at radius 3 is 2.28 bits per heavy atom. The van der Waals surface area contributed by atoms with Gasteiger partial charge in [-0.15, -0.1) is 0 Å². The van der Waals surface area contributed by atoms with Crippen LogP contribution in [-0.2, 0) is 36.3 Å². The zero-order valence-electron chi connectivity index (χ0n) is 16.3. The molecule has 20 heteroatoms. The number of rotatable bonds is 11. The number of hydrogen-bond donors (Lipinski definition) is 5. The van der Waals surface area contributed by atoms with E-state index in [2.05, 4.69) is 13.1 Å². The number of phosphoric ester groups is 1. The number of nitro groups is 1. The molecular formula is C12H20BN2O14P3. The van der Waals surface area contributed by atoms with Crippen molar-refractivity contribution in [2.45, 2.75) is 30.9 Å².